The molecule has 1 aliphatic rings. The highest BCUT2D eigenvalue weighted by molar-refractivity contribution is 7.92. The highest BCUT2D eigenvalue weighted by Gasteiger charge is 2.31. The summed E-state index contributed by atoms with van der Waals surface area (Å²) in [5.41, 5.74) is 1.55. The highest BCUT2D eigenvalue weighted by atomic mass is 32.2. The first-order valence-electron chi connectivity index (χ1n) is 9.47. The van der Waals surface area contributed by atoms with Gasteiger partial charge in [0.1, 0.15) is 6.04 Å². The lowest BCUT2D eigenvalue weighted by Crippen LogP contribution is -2.49. The van der Waals surface area contributed by atoms with E-state index in [9.17, 15) is 13.2 Å². The van der Waals surface area contributed by atoms with Crippen LogP contribution in [-0.2, 0) is 19.6 Å². The van der Waals surface area contributed by atoms with E-state index in [1.165, 1.54) is 4.31 Å². The van der Waals surface area contributed by atoms with Gasteiger partial charge in [-0.15, -0.1) is 0 Å². The molecule has 2 rings (SSSR count). The lowest BCUT2D eigenvalue weighted by molar-refractivity contribution is -0.122. The van der Waals surface area contributed by atoms with Gasteiger partial charge in [-0.05, 0) is 38.4 Å². The highest BCUT2D eigenvalue weighted by Crippen LogP contribution is 2.22. The second kappa shape index (κ2) is 10.1. The van der Waals surface area contributed by atoms with Gasteiger partial charge in [-0.3, -0.25) is 14.0 Å². The van der Waals surface area contributed by atoms with Crippen LogP contribution in [0.15, 0.2) is 24.3 Å². The monoisotopic (exact) mass is 397 g/mol. The summed E-state index contributed by atoms with van der Waals surface area (Å²) in [6.07, 6.45) is 2.36. The first kappa shape index (κ1) is 21.7. The van der Waals surface area contributed by atoms with Crippen molar-refractivity contribution in [2.24, 2.45) is 0 Å². The Hall–Kier alpha value is -1.64. The summed E-state index contributed by atoms with van der Waals surface area (Å²) in [5.74, 6) is -0.259. The van der Waals surface area contributed by atoms with Crippen molar-refractivity contribution >= 4 is 21.6 Å². The minimum atomic E-state index is -3.58. The van der Waals surface area contributed by atoms with Crippen molar-refractivity contribution in [3.8, 4) is 0 Å². The average molecular weight is 398 g/mol. The number of rotatable bonds is 9. The summed E-state index contributed by atoms with van der Waals surface area (Å²) in [7, 11) is -3.58. The van der Waals surface area contributed by atoms with Crippen molar-refractivity contribution in [1.29, 1.82) is 0 Å². The van der Waals surface area contributed by atoms with Crippen LogP contribution >= 0.6 is 0 Å². The summed E-state index contributed by atoms with van der Waals surface area (Å²) in [6.45, 7) is 8.53. The third kappa shape index (κ3) is 6.48. The second-order valence-electron chi connectivity index (χ2n) is 6.92. The lowest BCUT2D eigenvalue weighted by atomic mass is 10.1. The van der Waals surface area contributed by atoms with E-state index in [0.29, 0.717) is 18.7 Å². The SMILES string of the molecule is CC[C@@H](C(=O)NCCCN1CCOCC1)N(c1ccc(C)cc1)S(C)(=O)=O. The Bertz CT molecular complexity index is 700. The molecule has 1 saturated heterocycles. The predicted octanol–water partition coefficient (Wildman–Crippen LogP) is 1.38. The Morgan fingerprint density at radius 3 is 2.44 bits per heavy atom. The van der Waals surface area contributed by atoms with E-state index in [1.807, 2.05) is 26.0 Å². The molecule has 0 aliphatic carbocycles. The van der Waals surface area contributed by atoms with Gasteiger partial charge in [0.15, 0.2) is 0 Å². The molecule has 0 aromatic heterocycles. The van der Waals surface area contributed by atoms with Crippen LogP contribution in [0.2, 0.25) is 0 Å². The van der Waals surface area contributed by atoms with Gasteiger partial charge in [0.05, 0.1) is 25.2 Å². The maximum Gasteiger partial charge on any atom is 0.243 e. The molecule has 1 aromatic carbocycles. The number of sulfonamides is 1. The molecular weight excluding hydrogens is 366 g/mol. The van der Waals surface area contributed by atoms with Crippen molar-refractivity contribution in [3.63, 3.8) is 0 Å². The maximum absolute atomic E-state index is 12.7. The van der Waals surface area contributed by atoms with Crippen LogP contribution in [-0.4, -0.2) is 70.9 Å². The van der Waals surface area contributed by atoms with Crippen LogP contribution in [0, 0.1) is 6.92 Å². The van der Waals surface area contributed by atoms with Gasteiger partial charge < -0.3 is 10.1 Å². The molecule has 0 spiro atoms. The second-order valence-corrected chi connectivity index (χ2v) is 8.78. The molecule has 152 valence electrons. The van der Waals surface area contributed by atoms with E-state index in [4.69, 9.17) is 4.74 Å². The van der Waals surface area contributed by atoms with Crippen LogP contribution in [0.3, 0.4) is 0 Å². The number of benzene rings is 1. The normalized spacial score (nSPS) is 16.7. The molecule has 0 unspecified atom stereocenters. The third-order valence-corrected chi connectivity index (χ3v) is 5.85. The lowest BCUT2D eigenvalue weighted by Gasteiger charge is -2.30. The van der Waals surface area contributed by atoms with Crippen molar-refractivity contribution in [3.05, 3.63) is 29.8 Å². The number of carbonyl (C=O) groups is 1. The van der Waals surface area contributed by atoms with Crippen LogP contribution < -0.4 is 9.62 Å². The van der Waals surface area contributed by atoms with E-state index in [-0.39, 0.29) is 5.91 Å². The van der Waals surface area contributed by atoms with Gasteiger partial charge >= 0.3 is 0 Å². The fraction of sp³-hybridized carbons (Fsp3) is 0.632. The standard InChI is InChI=1S/C19H31N3O4S/c1-4-18(19(23)20-10-5-11-21-12-14-26-15-13-21)22(27(3,24)25)17-8-6-16(2)7-9-17/h6-9,18H,4-5,10-15H2,1-3H3,(H,20,23)/t18-/m0/s1. The van der Waals surface area contributed by atoms with Crippen molar-refractivity contribution in [2.45, 2.75) is 32.7 Å². The zero-order valence-electron chi connectivity index (χ0n) is 16.5. The zero-order valence-corrected chi connectivity index (χ0v) is 17.3. The number of hydrogen-bond donors (Lipinski definition) is 1. The average Bonchev–Trinajstić information content (AvgIpc) is 2.64. The number of anilines is 1. The molecule has 8 heteroatoms. The first-order valence-corrected chi connectivity index (χ1v) is 11.3. The largest absolute Gasteiger partial charge is 0.379 e. The van der Waals surface area contributed by atoms with Crippen LogP contribution in [0.25, 0.3) is 0 Å². The Balaban J connectivity index is 1.98. The molecule has 27 heavy (non-hydrogen) atoms. The quantitative estimate of drug-likeness (QED) is 0.637. The van der Waals surface area contributed by atoms with E-state index in [0.717, 1.165) is 51.1 Å². The molecule has 0 bridgehead atoms. The Morgan fingerprint density at radius 1 is 1.26 bits per heavy atom. The fourth-order valence-electron chi connectivity index (χ4n) is 3.21. The van der Waals surface area contributed by atoms with Crippen LogP contribution in [0.4, 0.5) is 5.69 Å². The Morgan fingerprint density at radius 2 is 1.89 bits per heavy atom. The number of ether oxygens (including phenoxy) is 1. The minimum absolute atomic E-state index is 0.259. The molecule has 1 atom stereocenters. The van der Waals surface area contributed by atoms with Crippen molar-refractivity contribution in [2.75, 3.05) is 50.0 Å². The first-order chi connectivity index (χ1) is 12.8. The van der Waals surface area contributed by atoms with Gasteiger partial charge in [0.2, 0.25) is 15.9 Å². The summed E-state index contributed by atoms with van der Waals surface area (Å²) < 4.78 is 31.3. The van der Waals surface area contributed by atoms with Crippen molar-refractivity contribution < 1.29 is 17.9 Å². The zero-order chi connectivity index (χ0) is 19.9. The fourth-order valence-corrected chi connectivity index (χ4v) is 4.42. The van der Waals surface area contributed by atoms with E-state index in [1.54, 1.807) is 12.1 Å². The van der Waals surface area contributed by atoms with E-state index >= 15 is 0 Å². The summed E-state index contributed by atoms with van der Waals surface area (Å²) in [6, 6.07) is 6.42. The Labute approximate surface area is 162 Å². The number of nitrogens with zero attached hydrogens (tertiary/aromatic N) is 2. The van der Waals surface area contributed by atoms with E-state index < -0.39 is 16.1 Å². The molecular formula is C19H31N3O4S. The number of aryl methyl sites for hydroxylation is 1. The smallest absolute Gasteiger partial charge is 0.243 e. The number of amides is 1. The van der Waals surface area contributed by atoms with Crippen molar-refractivity contribution in [1.82, 2.24) is 10.2 Å². The summed E-state index contributed by atoms with van der Waals surface area (Å²) in [5, 5.41) is 2.90. The number of hydrogen-bond acceptors (Lipinski definition) is 5. The molecule has 1 heterocycles. The summed E-state index contributed by atoms with van der Waals surface area (Å²) >= 11 is 0. The van der Waals surface area contributed by atoms with E-state index in [2.05, 4.69) is 10.2 Å². The molecule has 0 radical (unpaired) electrons. The minimum Gasteiger partial charge on any atom is -0.379 e. The predicted molar refractivity (Wildman–Crippen MR) is 107 cm³/mol. The molecule has 0 saturated carbocycles. The van der Waals surface area contributed by atoms with Gasteiger partial charge in [-0.2, -0.15) is 0 Å². The van der Waals surface area contributed by atoms with Gasteiger partial charge in [0.25, 0.3) is 0 Å². The third-order valence-electron chi connectivity index (χ3n) is 4.67. The molecule has 7 nitrogen and oxygen atoms in total. The Kier molecular flexibility index (Phi) is 8.07. The number of morpholine rings is 1. The van der Waals surface area contributed by atoms with Crippen LogP contribution in [0.5, 0.6) is 0 Å². The van der Waals surface area contributed by atoms with Crippen LogP contribution in [0.1, 0.15) is 25.3 Å². The van der Waals surface area contributed by atoms with Gasteiger partial charge in [0, 0.05) is 19.6 Å². The molecule has 1 aliphatic heterocycles. The summed E-state index contributed by atoms with van der Waals surface area (Å²) in [4.78, 5) is 15.0. The van der Waals surface area contributed by atoms with Gasteiger partial charge in [-0.1, -0.05) is 24.6 Å². The topological polar surface area (TPSA) is 79.0 Å². The number of carbonyl (C=O) groups excluding carboxylic acids is 1. The number of nitrogens with one attached hydrogen (secondary N) is 1. The molecule has 1 aromatic rings. The molecule has 1 N–H and O–H groups in total. The maximum atomic E-state index is 12.7. The van der Waals surface area contributed by atoms with Gasteiger partial charge in [-0.25, -0.2) is 8.42 Å². The molecule has 1 amide bonds. The molecule has 1 fully saturated rings.